The molecule has 2 aliphatic rings. The van der Waals surface area contributed by atoms with Crippen LogP contribution in [-0.2, 0) is 14.6 Å². The van der Waals surface area contributed by atoms with Gasteiger partial charge in [0.05, 0.1) is 19.0 Å². The van der Waals surface area contributed by atoms with Gasteiger partial charge in [0.25, 0.3) is 0 Å². The first-order valence-electron chi connectivity index (χ1n) is 5.78. The van der Waals surface area contributed by atoms with Crippen molar-refractivity contribution < 1.29 is 13.2 Å². The van der Waals surface area contributed by atoms with Crippen LogP contribution < -0.4 is 5.32 Å². The number of morpholine rings is 1. The second kappa shape index (κ2) is 5.00. The van der Waals surface area contributed by atoms with Crippen molar-refractivity contribution in [2.45, 2.75) is 18.5 Å². The zero-order chi connectivity index (χ0) is 11.6. The third kappa shape index (κ3) is 3.16. The van der Waals surface area contributed by atoms with Gasteiger partial charge < -0.3 is 10.1 Å². The molecule has 0 spiro atoms. The molecule has 0 aromatic heterocycles. The molecule has 2 atom stereocenters. The highest BCUT2D eigenvalue weighted by atomic mass is 32.2. The molecule has 2 rings (SSSR count). The molecule has 0 radical (unpaired) electrons. The summed E-state index contributed by atoms with van der Waals surface area (Å²) in [7, 11) is -2.85. The van der Waals surface area contributed by atoms with E-state index in [1.165, 1.54) is 6.26 Å². The molecule has 2 unspecified atom stereocenters. The van der Waals surface area contributed by atoms with Crippen LogP contribution in [0.3, 0.4) is 0 Å². The highest BCUT2D eigenvalue weighted by Crippen LogP contribution is 2.17. The first kappa shape index (κ1) is 12.3. The third-order valence-corrected chi connectivity index (χ3v) is 4.30. The van der Waals surface area contributed by atoms with E-state index in [4.69, 9.17) is 4.74 Å². The van der Waals surface area contributed by atoms with Crippen LogP contribution >= 0.6 is 0 Å². The zero-order valence-corrected chi connectivity index (χ0v) is 10.5. The van der Waals surface area contributed by atoms with E-state index in [1.54, 1.807) is 0 Å². The number of ether oxygens (including phenoxy) is 1. The van der Waals surface area contributed by atoms with E-state index >= 15 is 0 Å². The average molecular weight is 248 g/mol. The lowest BCUT2D eigenvalue weighted by atomic mass is 10.1. The molecule has 1 N–H and O–H groups in total. The number of hydrogen-bond donors (Lipinski definition) is 1. The normalized spacial score (nSPS) is 32.3. The summed E-state index contributed by atoms with van der Waals surface area (Å²) in [6, 6.07) is 0.768. The highest BCUT2D eigenvalue weighted by Gasteiger charge is 2.32. The predicted octanol–water partition coefficient (Wildman–Crippen LogP) is -0.906. The molecule has 16 heavy (non-hydrogen) atoms. The van der Waals surface area contributed by atoms with Gasteiger partial charge in [-0.05, 0) is 6.42 Å². The van der Waals surface area contributed by atoms with Crippen molar-refractivity contribution >= 4 is 9.84 Å². The first-order valence-corrected chi connectivity index (χ1v) is 7.84. The zero-order valence-electron chi connectivity index (χ0n) is 9.68. The van der Waals surface area contributed by atoms with Gasteiger partial charge >= 0.3 is 0 Å². The second-order valence-electron chi connectivity index (χ2n) is 4.70. The number of sulfone groups is 1. The van der Waals surface area contributed by atoms with E-state index in [9.17, 15) is 8.42 Å². The van der Waals surface area contributed by atoms with Crippen LogP contribution in [0.1, 0.15) is 6.42 Å². The minimum atomic E-state index is -2.85. The van der Waals surface area contributed by atoms with Crippen LogP contribution in [0.4, 0.5) is 0 Å². The Morgan fingerprint density at radius 1 is 1.44 bits per heavy atom. The summed E-state index contributed by atoms with van der Waals surface area (Å²) < 4.78 is 27.8. The molecule has 0 amide bonds. The van der Waals surface area contributed by atoms with Crippen molar-refractivity contribution in [1.82, 2.24) is 10.2 Å². The first-order chi connectivity index (χ1) is 7.56. The molecule has 0 aromatic rings. The smallest absolute Gasteiger partial charge is 0.147 e. The van der Waals surface area contributed by atoms with Gasteiger partial charge in [-0.3, -0.25) is 4.90 Å². The SMILES string of the molecule is CS(=O)(=O)CCC1CNCC2COCCN12. The summed E-state index contributed by atoms with van der Waals surface area (Å²) in [5, 5.41) is 3.35. The van der Waals surface area contributed by atoms with E-state index < -0.39 is 9.84 Å². The quantitative estimate of drug-likeness (QED) is 0.701. The van der Waals surface area contributed by atoms with E-state index in [1.807, 2.05) is 0 Å². The van der Waals surface area contributed by atoms with Gasteiger partial charge in [-0.25, -0.2) is 8.42 Å². The van der Waals surface area contributed by atoms with Crippen molar-refractivity contribution in [3.8, 4) is 0 Å². The topological polar surface area (TPSA) is 58.6 Å². The van der Waals surface area contributed by atoms with Crippen molar-refractivity contribution in [3.05, 3.63) is 0 Å². The number of nitrogens with one attached hydrogen (secondary N) is 1. The van der Waals surface area contributed by atoms with Gasteiger partial charge in [-0.1, -0.05) is 0 Å². The molecule has 2 fully saturated rings. The molecular weight excluding hydrogens is 228 g/mol. The van der Waals surface area contributed by atoms with Gasteiger partial charge in [-0.2, -0.15) is 0 Å². The molecule has 2 aliphatic heterocycles. The lowest BCUT2D eigenvalue weighted by Crippen LogP contribution is -2.61. The fourth-order valence-corrected chi connectivity index (χ4v) is 3.18. The summed E-state index contributed by atoms with van der Waals surface area (Å²) in [5.41, 5.74) is 0. The Labute approximate surface area is 97.1 Å². The Kier molecular flexibility index (Phi) is 3.84. The number of nitrogens with zero attached hydrogens (tertiary/aromatic N) is 1. The molecule has 94 valence electrons. The Morgan fingerprint density at radius 2 is 2.25 bits per heavy atom. The third-order valence-electron chi connectivity index (χ3n) is 3.32. The number of fused-ring (bicyclic) bond motifs is 1. The molecule has 0 aromatic carbocycles. The van der Waals surface area contributed by atoms with Gasteiger partial charge in [0.15, 0.2) is 0 Å². The standard InChI is InChI=1S/C10H20N2O3S/c1-16(13,14)5-2-9-6-11-7-10-8-15-4-3-12(9)10/h9-11H,2-8H2,1H3. The molecule has 0 saturated carbocycles. The van der Waals surface area contributed by atoms with E-state index in [0.717, 1.165) is 39.3 Å². The molecule has 5 nitrogen and oxygen atoms in total. The van der Waals surface area contributed by atoms with Crippen LogP contribution in [0.5, 0.6) is 0 Å². The maximum absolute atomic E-state index is 11.2. The van der Waals surface area contributed by atoms with Crippen LogP contribution in [0.2, 0.25) is 0 Å². The lowest BCUT2D eigenvalue weighted by molar-refractivity contribution is -0.0422. The molecule has 2 saturated heterocycles. The van der Waals surface area contributed by atoms with E-state index in [2.05, 4.69) is 10.2 Å². The van der Waals surface area contributed by atoms with Crippen LogP contribution in [-0.4, -0.2) is 70.3 Å². The summed E-state index contributed by atoms with van der Waals surface area (Å²) in [6.45, 7) is 4.32. The highest BCUT2D eigenvalue weighted by molar-refractivity contribution is 7.90. The summed E-state index contributed by atoms with van der Waals surface area (Å²) in [5.74, 6) is 0.281. The molecule has 0 aliphatic carbocycles. The van der Waals surface area contributed by atoms with Crippen molar-refractivity contribution in [2.24, 2.45) is 0 Å². The molecule has 6 heteroatoms. The lowest BCUT2D eigenvalue weighted by Gasteiger charge is -2.45. The van der Waals surface area contributed by atoms with Crippen LogP contribution in [0.15, 0.2) is 0 Å². The van der Waals surface area contributed by atoms with Gasteiger partial charge in [0.1, 0.15) is 9.84 Å². The van der Waals surface area contributed by atoms with E-state index in [0.29, 0.717) is 12.1 Å². The number of piperazine rings is 1. The average Bonchev–Trinajstić information content (AvgIpc) is 2.25. The summed E-state index contributed by atoms with van der Waals surface area (Å²) >= 11 is 0. The van der Waals surface area contributed by atoms with Gasteiger partial charge in [0, 0.05) is 38.0 Å². The minimum Gasteiger partial charge on any atom is -0.378 e. The van der Waals surface area contributed by atoms with E-state index in [-0.39, 0.29) is 5.75 Å². The van der Waals surface area contributed by atoms with Crippen molar-refractivity contribution in [1.29, 1.82) is 0 Å². The molecule has 2 heterocycles. The second-order valence-corrected chi connectivity index (χ2v) is 6.96. The summed E-state index contributed by atoms with van der Waals surface area (Å²) in [4.78, 5) is 2.41. The van der Waals surface area contributed by atoms with Crippen LogP contribution in [0.25, 0.3) is 0 Å². The maximum atomic E-state index is 11.2. The predicted molar refractivity (Wildman–Crippen MR) is 62.3 cm³/mol. The van der Waals surface area contributed by atoms with Gasteiger partial charge in [0.2, 0.25) is 0 Å². The Balaban J connectivity index is 1.92. The number of hydrogen-bond acceptors (Lipinski definition) is 5. The van der Waals surface area contributed by atoms with Gasteiger partial charge in [-0.15, -0.1) is 0 Å². The minimum absolute atomic E-state index is 0.281. The number of rotatable bonds is 3. The fourth-order valence-electron chi connectivity index (χ4n) is 2.48. The fraction of sp³-hybridized carbons (Fsp3) is 1.00. The Bertz CT molecular complexity index is 329. The maximum Gasteiger partial charge on any atom is 0.147 e. The molecule has 0 bridgehead atoms. The Hall–Kier alpha value is -0.170. The van der Waals surface area contributed by atoms with Crippen molar-refractivity contribution in [3.63, 3.8) is 0 Å². The summed E-state index contributed by atoms with van der Waals surface area (Å²) in [6.07, 6.45) is 2.03. The monoisotopic (exact) mass is 248 g/mol. The van der Waals surface area contributed by atoms with Crippen molar-refractivity contribution in [2.75, 3.05) is 44.9 Å². The van der Waals surface area contributed by atoms with Crippen LogP contribution in [0, 0.1) is 0 Å². The Morgan fingerprint density at radius 3 is 3.00 bits per heavy atom. The largest absolute Gasteiger partial charge is 0.378 e. The molecular formula is C10H20N2O3S.